The quantitative estimate of drug-likeness (QED) is 0.768. The number of hydrogen-bond donors (Lipinski definition) is 1. The Morgan fingerprint density at radius 3 is 2.65 bits per heavy atom. The van der Waals surface area contributed by atoms with Crippen molar-refractivity contribution in [1.29, 1.82) is 0 Å². The Labute approximate surface area is 146 Å². The molecule has 0 bridgehead atoms. The van der Waals surface area contributed by atoms with Crippen LogP contribution in [0, 0.1) is 6.92 Å². The molecule has 1 amide bonds. The second-order valence-corrected chi connectivity index (χ2v) is 5.51. The number of benzene rings is 2. The van der Waals surface area contributed by atoms with Gasteiger partial charge in [-0.2, -0.15) is 0 Å². The highest BCUT2D eigenvalue weighted by atomic mass is 19.4. The van der Waals surface area contributed by atoms with Gasteiger partial charge in [0.05, 0.1) is 5.52 Å². The fourth-order valence-electron chi connectivity index (χ4n) is 2.48. The first-order valence-electron chi connectivity index (χ1n) is 7.68. The fraction of sp³-hybridized carbons (Fsp3) is 0.167. The van der Waals surface area contributed by atoms with Crippen molar-refractivity contribution in [3.8, 4) is 5.75 Å². The van der Waals surface area contributed by atoms with Gasteiger partial charge in [-0.3, -0.25) is 4.79 Å². The summed E-state index contributed by atoms with van der Waals surface area (Å²) in [6.07, 6.45) is -4.76. The zero-order valence-electron chi connectivity index (χ0n) is 13.7. The van der Waals surface area contributed by atoms with Crippen molar-refractivity contribution >= 4 is 16.8 Å². The van der Waals surface area contributed by atoms with Crippen molar-refractivity contribution in [3.63, 3.8) is 0 Å². The summed E-state index contributed by atoms with van der Waals surface area (Å²) < 4.78 is 40.7. The van der Waals surface area contributed by atoms with Gasteiger partial charge in [0, 0.05) is 11.9 Å². The largest absolute Gasteiger partial charge is 0.573 e. The third-order valence-electron chi connectivity index (χ3n) is 3.52. The van der Waals surface area contributed by atoms with Gasteiger partial charge in [-0.05, 0) is 30.7 Å². The fourth-order valence-corrected chi connectivity index (χ4v) is 2.48. The van der Waals surface area contributed by atoms with Gasteiger partial charge >= 0.3 is 6.36 Å². The zero-order chi connectivity index (χ0) is 18.7. The van der Waals surface area contributed by atoms with E-state index in [0.29, 0.717) is 22.3 Å². The minimum absolute atomic E-state index is 0.0330. The molecule has 3 aromatic rings. The summed E-state index contributed by atoms with van der Waals surface area (Å²) >= 11 is 0. The first kappa shape index (κ1) is 17.7. The standard InChI is InChI=1S/C18H14F3N3O2/c1-11-23-15-8-3-2-7-14(15)16(24-11)17(25)22-10-12-5-4-6-13(9-12)26-18(19,20)21/h2-9H,10H2,1H3,(H,22,25). The summed E-state index contributed by atoms with van der Waals surface area (Å²) in [6, 6.07) is 12.5. The van der Waals surface area contributed by atoms with Gasteiger partial charge in [-0.1, -0.05) is 30.3 Å². The Balaban J connectivity index is 1.77. The SMILES string of the molecule is Cc1nc(C(=O)NCc2cccc(OC(F)(F)F)c2)c2ccccc2n1. The summed E-state index contributed by atoms with van der Waals surface area (Å²) in [6.45, 7) is 1.71. The molecule has 0 spiro atoms. The number of carbonyl (C=O) groups is 1. The van der Waals surface area contributed by atoms with Crippen molar-refractivity contribution in [2.75, 3.05) is 0 Å². The number of aromatic nitrogens is 2. The lowest BCUT2D eigenvalue weighted by atomic mass is 10.1. The van der Waals surface area contributed by atoms with Gasteiger partial charge in [-0.25, -0.2) is 9.97 Å². The average Bonchev–Trinajstić information content (AvgIpc) is 2.57. The predicted octanol–water partition coefficient (Wildman–Crippen LogP) is 3.77. The number of alkyl halides is 3. The van der Waals surface area contributed by atoms with E-state index in [9.17, 15) is 18.0 Å². The molecule has 0 aliphatic heterocycles. The van der Waals surface area contributed by atoms with Gasteiger partial charge in [-0.15, -0.1) is 13.2 Å². The maximum atomic E-state index is 12.5. The van der Waals surface area contributed by atoms with E-state index in [1.54, 1.807) is 31.2 Å². The van der Waals surface area contributed by atoms with Crippen molar-refractivity contribution in [2.45, 2.75) is 19.8 Å². The van der Waals surface area contributed by atoms with Crippen LogP contribution in [-0.2, 0) is 6.54 Å². The normalized spacial score (nSPS) is 11.4. The number of halogens is 3. The molecule has 0 aliphatic rings. The molecule has 8 heteroatoms. The maximum absolute atomic E-state index is 12.5. The topological polar surface area (TPSA) is 64.1 Å². The lowest BCUT2D eigenvalue weighted by Gasteiger charge is -2.11. The second-order valence-electron chi connectivity index (χ2n) is 5.51. The van der Waals surface area contributed by atoms with Gasteiger partial charge < -0.3 is 10.1 Å². The van der Waals surface area contributed by atoms with Crippen molar-refractivity contribution < 1.29 is 22.7 Å². The molecular weight excluding hydrogens is 347 g/mol. The second kappa shape index (κ2) is 6.99. The van der Waals surface area contributed by atoms with Crippen LogP contribution in [0.4, 0.5) is 13.2 Å². The van der Waals surface area contributed by atoms with Gasteiger partial charge in [0.25, 0.3) is 5.91 Å². The minimum Gasteiger partial charge on any atom is -0.406 e. The smallest absolute Gasteiger partial charge is 0.406 e. The molecule has 0 atom stereocenters. The van der Waals surface area contributed by atoms with E-state index in [1.165, 1.54) is 18.2 Å². The third kappa shape index (κ3) is 4.27. The number of amides is 1. The summed E-state index contributed by atoms with van der Waals surface area (Å²) in [5.41, 5.74) is 1.33. The number of para-hydroxylation sites is 1. The first-order chi connectivity index (χ1) is 12.3. The van der Waals surface area contributed by atoms with Crippen molar-refractivity contribution in [1.82, 2.24) is 15.3 Å². The van der Waals surface area contributed by atoms with E-state index in [4.69, 9.17) is 0 Å². The molecule has 1 heterocycles. The molecule has 3 rings (SSSR count). The van der Waals surface area contributed by atoms with Gasteiger partial charge in [0.2, 0.25) is 0 Å². The molecule has 0 saturated heterocycles. The van der Waals surface area contributed by atoms with Crippen LogP contribution in [0.5, 0.6) is 5.75 Å². The molecule has 0 unspecified atom stereocenters. The molecule has 1 N–H and O–H groups in total. The highest BCUT2D eigenvalue weighted by molar-refractivity contribution is 6.04. The summed E-state index contributed by atoms with van der Waals surface area (Å²) in [4.78, 5) is 20.9. The molecule has 134 valence electrons. The van der Waals surface area contributed by atoms with E-state index in [0.717, 1.165) is 0 Å². The number of rotatable bonds is 4. The Morgan fingerprint density at radius 1 is 1.12 bits per heavy atom. The highest BCUT2D eigenvalue weighted by Crippen LogP contribution is 2.23. The van der Waals surface area contributed by atoms with Gasteiger partial charge in [0.15, 0.2) is 0 Å². The Kier molecular flexibility index (Phi) is 4.75. The number of aryl methyl sites for hydroxylation is 1. The zero-order valence-corrected chi connectivity index (χ0v) is 13.7. The summed E-state index contributed by atoms with van der Waals surface area (Å²) in [5, 5.41) is 3.26. The molecule has 26 heavy (non-hydrogen) atoms. The van der Waals surface area contributed by atoms with E-state index in [-0.39, 0.29) is 18.0 Å². The lowest BCUT2D eigenvalue weighted by Crippen LogP contribution is -2.24. The Bertz CT molecular complexity index is 958. The van der Waals surface area contributed by atoms with Crippen LogP contribution in [0.25, 0.3) is 10.9 Å². The number of carbonyl (C=O) groups excluding carboxylic acids is 1. The van der Waals surface area contributed by atoms with E-state index >= 15 is 0 Å². The molecule has 1 aromatic heterocycles. The highest BCUT2D eigenvalue weighted by Gasteiger charge is 2.31. The molecule has 0 radical (unpaired) electrons. The van der Waals surface area contributed by atoms with E-state index in [1.807, 2.05) is 6.07 Å². The average molecular weight is 361 g/mol. The predicted molar refractivity (Wildman–Crippen MR) is 88.6 cm³/mol. The van der Waals surface area contributed by atoms with Crippen LogP contribution in [-0.4, -0.2) is 22.2 Å². The van der Waals surface area contributed by atoms with Crippen molar-refractivity contribution in [2.24, 2.45) is 0 Å². The van der Waals surface area contributed by atoms with Crippen molar-refractivity contribution in [3.05, 3.63) is 65.6 Å². The van der Waals surface area contributed by atoms with Crippen LogP contribution < -0.4 is 10.1 Å². The third-order valence-corrected chi connectivity index (χ3v) is 3.52. The minimum atomic E-state index is -4.76. The Morgan fingerprint density at radius 2 is 1.88 bits per heavy atom. The van der Waals surface area contributed by atoms with E-state index in [2.05, 4.69) is 20.0 Å². The summed E-state index contributed by atoms with van der Waals surface area (Å²) in [5.74, 6) is -0.323. The van der Waals surface area contributed by atoms with Crippen LogP contribution in [0.3, 0.4) is 0 Å². The Hall–Kier alpha value is -3.16. The first-order valence-corrected chi connectivity index (χ1v) is 7.68. The summed E-state index contributed by atoms with van der Waals surface area (Å²) in [7, 11) is 0. The lowest BCUT2D eigenvalue weighted by molar-refractivity contribution is -0.274. The number of hydrogen-bond acceptors (Lipinski definition) is 4. The van der Waals surface area contributed by atoms with Crippen LogP contribution in [0.1, 0.15) is 21.9 Å². The van der Waals surface area contributed by atoms with Gasteiger partial charge in [0.1, 0.15) is 17.3 Å². The maximum Gasteiger partial charge on any atom is 0.573 e. The van der Waals surface area contributed by atoms with Crippen LogP contribution in [0.15, 0.2) is 48.5 Å². The molecular formula is C18H14F3N3O2. The number of ether oxygens (including phenoxy) is 1. The number of nitrogens with one attached hydrogen (secondary N) is 1. The monoisotopic (exact) mass is 361 g/mol. The molecule has 0 aliphatic carbocycles. The molecule has 5 nitrogen and oxygen atoms in total. The number of fused-ring (bicyclic) bond motifs is 1. The molecule has 0 fully saturated rings. The van der Waals surface area contributed by atoms with E-state index < -0.39 is 12.3 Å². The molecule has 2 aromatic carbocycles. The van der Waals surface area contributed by atoms with Crippen LogP contribution in [0.2, 0.25) is 0 Å². The van der Waals surface area contributed by atoms with Crippen LogP contribution >= 0.6 is 0 Å². The molecule has 0 saturated carbocycles. The number of nitrogens with zero attached hydrogens (tertiary/aromatic N) is 2.